The molecule has 4 amide bonds. The first-order valence-electron chi connectivity index (χ1n) is 19.5. The Bertz CT molecular complexity index is 2090. The zero-order chi connectivity index (χ0) is 42.6. The van der Waals surface area contributed by atoms with Gasteiger partial charge in [0.1, 0.15) is 40.7 Å². The lowest BCUT2D eigenvalue weighted by atomic mass is 9.84. The molecule has 18 heteroatoms. The van der Waals surface area contributed by atoms with Gasteiger partial charge in [-0.15, -0.1) is 0 Å². The van der Waals surface area contributed by atoms with Gasteiger partial charge in [-0.25, -0.2) is 26.4 Å². The molecule has 2 saturated carbocycles. The number of allylic oxidation sites excluding steroid dienone is 1. The standard InChI is InChI=1S/C40H52F3N5O9S/c1-23-11-7-9-13-26-20-40(26,35(51)46-58(54,55)39(22-41)15-16-39)45-32(49)29-19-27(57-33-28-14-10-8-12-25(28)18-30(44-33)56-6)21-47(29)34(50)31(24(2)17-23)48(36(52)53)37(3,4)38(5,42)43/h8-10,12-14,18,23-24,26-27,29,31H,7,11,15-17,19-22H2,1-6H3,(H,45,49)(H,46,51)(H,52,53)/b13-9-/t23-,24-,26-,27-,29+,31+,40-/m1/s1. The van der Waals surface area contributed by atoms with Crippen molar-refractivity contribution in [1.29, 1.82) is 0 Å². The number of sulfonamides is 1. The van der Waals surface area contributed by atoms with Crippen molar-refractivity contribution in [3.63, 3.8) is 0 Å². The molecular weight excluding hydrogens is 784 g/mol. The first-order chi connectivity index (χ1) is 27.1. The van der Waals surface area contributed by atoms with Crippen LogP contribution in [0.3, 0.4) is 0 Å². The molecule has 6 rings (SSSR count). The third kappa shape index (κ3) is 7.92. The number of ether oxygens (including phenoxy) is 2. The Labute approximate surface area is 335 Å². The number of alkyl halides is 3. The summed E-state index contributed by atoms with van der Waals surface area (Å²) in [6.07, 6.45) is 1.91. The lowest BCUT2D eigenvalue weighted by Gasteiger charge is -2.47. The number of hydrogen-bond acceptors (Lipinski definition) is 9. The van der Waals surface area contributed by atoms with Crippen molar-refractivity contribution in [2.45, 2.75) is 119 Å². The number of rotatable bonds is 10. The number of halogens is 3. The molecule has 4 aliphatic rings. The zero-order valence-corrected chi connectivity index (χ0v) is 34.3. The molecule has 7 atom stereocenters. The quantitative estimate of drug-likeness (QED) is 0.269. The van der Waals surface area contributed by atoms with Gasteiger partial charge in [-0.2, -0.15) is 4.98 Å². The number of benzene rings is 1. The Morgan fingerprint density at radius 2 is 1.83 bits per heavy atom. The molecule has 1 aromatic carbocycles. The number of carbonyl (C=O) groups is 4. The maximum Gasteiger partial charge on any atom is 0.408 e. The molecule has 2 aromatic rings. The smallest absolute Gasteiger partial charge is 0.408 e. The van der Waals surface area contributed by atoms with Gasteiger partial charge in [-0.05, 0) is 75.7 Å². The van der Waals surface area contributed by atoms with Crippen LogP contribution < -0.4 is 19.5 Å². The van der Waals surface area contributed by atoms with Crippen molar-refractivity contribution in [3.8, 4) is 11.8 Å². The average molecular weight is 836 g/mol. The molecule has 1 aromatic heterocycles. The van der Waals surface area contributed by atoms with Gasteiger partial charge in [0.05, 0.1) is 13.7 Å². The molecule has 0 unspecified atom stereocenters. The topological polar surface area (TPSA) is 185 Å². The van der Waals surface area contributed by atoms with Gasteiger partial charge in [0, 0.05) is 30.7 Å². The molecule has 318 valence electrons. The van der Waals surface area contributed by atoms with Crippen LogP contribution in [-0.4, -0.2) is 112 Å². The van der Waals surface area contributed by atoms with Crippen molar-refractivity contribution in [1.82, 2.24) is 24.8 Å². The fourth-order valence-corrected chi connectivity index (χ4v) is 9.73. The Hall–Kier alpha value is -4.61. The summed E-state index contributed by atoms with van der Waals surface area (Å²) in [7, 11) is -3.05. The van der Waals surface area contributed by atoms with E-state index in [-0.39, 0.29) is 56.3 Å². The number of amides is 4. The number of aromatic nitrogens is 1. The van der Waals surface area contributed by atoms with Crippen LogP contribution in [0.4, 0.5) is 18.0 Å². The molecule has 3 N–H and O–H groups in total. The van der Waals surface area contributed by atoms with Crippen LogP contribution in [0.15, 0.2) is 42.5 Å². The number of carbonyl (C=O) groups excluding carboxylic acids is 3. The summed E-state index contributed by atoms with van der Waals surface area (Å²) < 4.78 is 83.0. The number of nitrogens with zero attached hydrogens (tertiary/aromatic N) is 3. The fraction of sp³-hybridized carbons (Fsp3) is 0.625. The van der Waals surface area contributed by atoms with Gasteiger partial charge >= 0.3 is 6.09 Å². The first kappa shape index (κ1) is 43.0. The van der Waals surface area contributed by atoms with Crippen molar-refractivity contribution < 1.29 is 55.3 Å². The summed E-state index contributed by atoms with van der Waals surface area (Å²) in [5.74, 6) is -7.75. The van der Waals surface area contributed by atoms with E-state index in [1.54, 1.807) is 43.3 Å². The molecule has 0 bridgehead atoms. The SMILES string of the molecule is COc1cc2ccccc2c(O[C@@H]2C[C@H]3C(=O)N[C@]4(C(=O)NS(=O)(=O)C5(CF)CC5)C[C@H]4/C=C\CC[C@@H](C)C[C@@H](C)[C@H](N(C(=O)O)C(C)(C)C(C)(F)F)C(=O)N3C2)n1. The molecule has 2 aliphatic heterocycles. The number of carboxylic acid groups (broad SMARTS) is 1. The van der Waals surface area contributed by atoms with E-state index in [9.17, 15) is 32.3 Å². The number of methoxy groups -OCH3 is 1. The van der Waals surface area contributed by atoms with E-state index in [0.717, 1.165) is 18.7 Å². The Balaban J connectivity index is 1.43. The van der Waals surface area contributed by atoms with Crippen molar-refractivity contribution in [2.24, 2.45) is 17.8 Å². The molecule has 3 fully saturated rings. The molecule has 2 aliphatic carbocycles. The molecule has 1 saturated heterocycles. The summed E-state index contributed by atoms with van der Waals surface area (Å²) in [5, 5.41) is 14.6. The third-order valence-corrected chi connectivity index (χ3v) is 14.7. The monoisotopic (exact) mass is 835 g/mol. The van der Waals surface area contributed by atoms with E-state index in [2.05, 4.69) is 10.3 Å². The molecule has 14 nitrogen and oxygen atoms in total. The fourth-order valence-electron chi connectivity index (χ4n) is 8.31. The van der Waals surface area contributed by atoms with Crippen molar-refractivity contribution in [3.05, 3.63) is 42.5 Å². The summed E-state index contributed by atoms with van der Waals surface area (Å²) in [4.78, 5) is 62.8. The van der Waals surface area contributed by atoms with Gasteiger partial charge in [-0.3, -0.25) is 24.0 Å². The molecule has 0 spiro atoms. The van der Waals surface area contributed by atoms with E-state index < -0.39 is 92.3 Å². The van der Waals surface area contributed by atoms with Gasteiger partial charge in [0.25, 0.3) is 11.8 Å². The minimum atomic E-state index is -4.47. The summed E-state index contributed by atoms with van der Waals surface area (Å²) in [6.45, 7) is 4.68. The highest BCUT2D eigenvalue weighted by Crippen LogP contribution is 2.48. The minimum absolute atomic E-state index is 0.00130. The average Bonchev–Trinajstić information content (AvgIpc) is 4.05. The second-order valence-corrected chi connectivity index (χ2v) is 19.1. The number of pyridine rings is 1. The Kier molecular flexibility index (Phi) is 11.5. The Morgan fingerprint density at radius 3 is 2.45 bits per heavy atom. The van der Waals surface area contributed by atoms with Crippen LogP contribution in [0.1, 0.15) is 79.6 Å². The van der Waals surface area contributed by atoms with Gasteiger partial charge in [-0.1, -0.05) is 44.2 Å². The molecule has 0 radical (unpaired) electrons. The molecular formula is C40H52F3N5O9S. The van der Waals surface area contributed by atoms with Crippen molar-refractivity contribution >= 4 is 44.6 Å². The summed E-state index contributed by atoms with van der Waals surface area (Å²) >= 11 is 0. The van der Waals surface area contributed by atoms with Crippen LogP contribution in [0, 0.1) is 17.8 Å². The van der Waals surface area contributed by atoms with E-state index in [1.165, 1.54) is 7.11 Å². The molecule has 58 heavy (non-hydrogen) atoms. The maximum absolute atomic E-state index is 15.4. The third-order valence-electron chi connectivity index (χ3n) is 12.6. The van der Waals surface area contributed by atoms with Gasteiger partial charge in [0.2, 0.25) is 33.6 Å². The lowest BCUT2D eigenvalue weighted by molar-refractivity contribution is -0.156. The predicted molar refractivity (Wildman–Crippen MR) is 206 cm³/mol. The minimum Gasteiger partial charge on any atom is -0.481 e. The molecule has 3 heterocycles. The van der Waals surface area contributed by atoms with Crippen LogP contribution >= 0.6 is 0 Å². The van der Waals surface area contributed by atoms with Crippen LogP contribution in [0.5, 0.6) is 11.8 Å². The van der Waals surface area contributed by atoms with Crippen LogP contribution in [-0.2, 0) is 24.4 Å². The van der Waals surface area contributed by atoms with Crippen LogP contribution in [0.25, 0.3) is 10.8 Å². The second-order valence-electron chi connectivity index (χ2n) is 17.1. The highest BCUT2D eigenvalue weighted by Gasteiger charge is 2.64. The maximum atomic E-state index is 15.4. The van der Waals surface area contributed by atoms with E-state index >= 15 is 13.6 Å². The largest absolute Gasteiger partial charge is 0.481 e. The van der Waals surface area contributed by atoms with E-state index in [4.69, 9.17) is 9.47 Å². The number of hydrogen-bond donors (Lipinski definition) is 3. The Morgan fingerprint density at radius 1 is 1.14 bits per heavy atom. The van der Waals surface area contributed by atoms with Crippen molar-refractivity contribution in [2.75, 3.05) is 20.3 Å². The lowest BCUT2D eigenvalue weighted by Crippen LogP contribution is -2.66. The summed E-state index contributed by atoms with van der Waals surface area (Å²) in [5.41, 5.74) is -4.18. The second kappa shape index (κ2) is 15.5. The van der Waals surface area contributed by atoms with E-state index in [0.29, 0.717) is 35.4 Å². The first-order valence-corrected chi connectivity index (χ1v) is 21.0. The zero-order valence-electron chi connectivity index (χ0n) is 33.5. The number of nitrogens with one attached hydrogen (secondary N) is 2. The van der Waals surface area contributed by atoms with Gasteiger partial charge in [0.15, 0.2) is 0 Å². The highest BCUT2D eigenvalue weighted by atomic mass is 32.2. The normalized spacial score (nSPS) is 29.5. The van der Waals surface area contributed by atoms with Crippen LogP contribution in [0.2, 0.25) is 0 Å². The summed E-state index contributed by atoms with van der Waals surface area (Å²) in [6, 6.07) is 5.69. The van der Waals surface area contributed by atoms with Gasteiger partial charge < -0.3 is 24.8 Å². The number of fused-ring (bicyclic) bond motifs is 3. The van der Waals surface area contributed by atoms with E-state index in [1.807, 2.05) is 17.7 Å². The highest BCUT2D eigenvalue weighted by molar-refractivity contribution is 7.91. The predicted octanol–water partition coefficient (Wildman–Crippen LogP) is 5.21.